The molecule has 1 heterocycles. The first kappa shape index (κ1) is 13.2. The van der Waals surface area contributed by atoms with Crippen molar-refractivity contribution in [2.24, 2.45) is 0 Å². The van der Waals surface area contributed by atoms with Crippen molar-refractivity contribution in [1.29, 1.82) is 0 Å². The number of hydrogen-bond acceptors (Lipinski definition) is 2. The average Bonchev–Trinajstić information content (AvgIpc) is 2.53. The topological polar surface area (TPSA) is 18.5 Å². The Kier molecular flexibility index (Phi) is 3.69. The minimum atomic E-state index is -0.561. The zero-order valence-electron chi connectivity index (χ0n) is 10.2. The van der Waals surface area contributed by atoms with Crippen LogP contribution in [0.4, 0.5) is 0 Å². The van der Waals surface area contributed by atoms with Gasteiger partial charge in [-0.05, 0) is 32.4 Å². The van der Waals surface area contributed by atoms with Crippen LogP contribution in [0.3, 0.4) is 0 Å². The standard InChI is InChI=1S/C13H16Cl2O2/c1-4-11-12(17-13(2,3)16-11)9-6-5-8(14)7-10(9)15/h5-7,11-12H,4H2,1-3H3/t11-,12+/m1/s1. The normalized spacial score (nSPS) is 27.4. The molecule has 0 radical (unpaired) electrons. The lowest BCUT2D eigenvalue weighted by Crippen LogP contribution is -2.21. The van der Waals surface area contributed by atoms with Gasteiger partial charge in [-0.1, -0.05) is 36.2 Å². The number of hydrogen-bond donors (Lipinski definition) is 0. The van der Waals surface area contributed by atoms with Crippen LogP contribution in [0, 0.1) is 0 Å². The predicted molar refractivity (Wildman–Crippen MR) is 69.5 cm³/mol. The van der Waals surface area contributed by atoms with E-state index in [1.807, 2.05) is 26.0 Å². The Morgan fingerprint density at radius 1 is 1.24 bits per heavy atom. The highest BCUT2D eigenvalue weighted by molar-refractivity contribution is 6.35. The molecule has 0 spiro atoms. The fourth-order valence-corrected chi connectivity index (χ4v) is 2.65. The van der Waals surface area contributed by atoms with E-state index in [2.05, 4.69) is 6.92 Å². The molecular weight excluding hydrogens is 259 g/mol. The second-order valence-corrected chi connectivity index (χ2v) is 5.51. The molecular formula is C13H16Cl2O2. The van der Waals surface area contributed by atoms with Crippen LogP contribution in [-0.2, 0) is 9.47 Å². The quantitative estimate of drug-likeness (QED) is 0.785. The SMILES string of the molecule is CC[C@H]1OC(C)(C)O[C@H]1c1ccc(Cl)cc1Cl. The summed E-state index contributed by atoms with van der Waals surface area (Å²) >= 11 is 12.1. The van der Waals surface area contributed by atoms with Gasteiger partial charge in [-0.3, -0.25) is 0 Å². The maximum Gasteiger partial charge on any atom is 0.164 e. The Morgan fingerprint density at radius 2 is 1.94 bits per heavy atom. The lowest BCUT2D eigenvalue weighted by Gasteiger charge is -2.18. The van der Waals surface area contributed by atoms with Gasteiger partial charge in [-0.15, -0.1) is 0 Å². The smallest absolute Gasteiger partial charge is 0.164 e. The number of halogens is 2. The molecule has 0 aromatic heterocycles. The lowest BCUT2D eigenvalue weighted by atomic mass is 10.0. The monoisotopic (exact) mass is 274 g/mol. The summed E-state index contributed by atoms with van der Waals surface area (Å²) in [4.78, 5) is 0. The highest BCUT2D eigenvalue weighted by Gasteiger charge is 2.41. The fraction of sp³-hybridized carbons (Fsp3) is 0.538. The van der Waals surface area contributed by atoms with E-state index < -0.39 is 5.79 Å². The maximum atomic E-state index is 6.20. The third-order valence-electron chi connectivity index (χ3n) is 2.86. The Hall–Kier alpha value is -0.280. The van der Waals surface area contributed by atoms with Crippen molar-refractivity contribution < 1.29 is 9.47 Å². The molecule has 1 fully saturated rings. The van der Waals surface area contributed by atoms with Crippen LogP contribution in [-0.4, -0.2) is 11.9 Å². The van der Waals surface area contributed by atoms with Crippen LogP contribution in [0.5, 0.6) is 0 Å². The van der Waals surface area contributed by atoms with Gasteiger partial charge in [-0.25, -0.2) is 0 Å². The highest BCUT2D eigenvalue weighted by Crippen LogP contribution is 2.42. The van der Waals surface area contributed by atoms with Crippen molar-refractivity contribution in [2.75, 3.05) is 0 Å². The molecule has 0 unspecified atom stereocenters. The second kappa shape index (κ2) is 4.77. The predicted octanol–water partition coefficient (Wildman–Crippen LogP) is 4.60. The van der Waals surface area contributed by atoms with Crippen LogP contribution in [0.25, 0.3) is 0 Å². The van der Waals surface area contributed by atoms with E-state index in [9.17, 15) is 0 Å². The molecule has 1 aromatic carbocycles. The van der Waals surface area contributed by atoms with Crippen LogP contribution >= 0.6 is 23.2 Å². The molecule has 2 rings (SSSR count). The zero-order chi connectivity index (χ0) is 12.6. The van der Waals surface area contributed by atoms with Gasteiger partial charge >= 0.3 is 0 Å². The van der Waals surface area contributed by atoms with Gasteiger partial charge in [0.1, 0.15) is 6.10 Å². The van der Waals surface area contributed by atoms with Crippen molar-refractivity contribution in [3.8, 4) is 0 Å². The van der Waals surface area contributed by atoms with Gasteiger partial charge in [0.15, 0.2) is 5.79 Å². The number of ether oxygens (including phenoxy) is 2. The van der Waals surface area contributed by atoms with Crippen molar-refractivity contribution >= 4 is 23.2 Å². The third-order valence-corrected chi connectivity index (χ3v) is 3.42. The van der Waals surface area contributed by atoms with E-state index in [0.717, 1.165) is 12.0 Å². The van der Waals surface area contributed by atoms with Crippen molar-refractivity contribution in [3.63, 3.8) is 0 Å². The minimum absolute atomic E-state index is 0.0312. The molecule has 1 aliphatic heterocycles. The highest BCUT2D eigenvalue weighted by atomic mass is 35.5. The number of rotatable bonds is 2. The van der Waals surface area contributed by atoms with E-state index in [1.54, 1.807) is 6.07 Å². The average molecular weight is 275 g/mol. The molecule has 1 aliphatic rings. The molecule has 0 amide bonds. The third kappa shape index (κ3) is 2.76. The minimum Gasteiger partial charge on any atom is -0.344 e. The zero-order valence-corrected chi connectivity index (χ0v) is 11.7. The van der Waals surface area contributed by atoms with E-state index in [0.29, 0.717) is 10.0 Å². The van der Waals surface area contributed by atoms with Gasteiger partial charge in [0.2, 0.25) is 0 Å². The molecule has 0 aliphatic carbocycles. The first-order valence-corrected chi connectivity index (χ1v) is 6.49. The van der Waals surface area contributed by atoms with Crippen LogP contribution in [0.15, 0.2) is 18.2 Å². The van der Waals surface area contributed by atoms with Gasteiger partial charge in [0, 0.05) is 15.6 Å². The van der Waals surface area contributed by atoms with Crippen molar-refractivity contribution in [1.82, 2.24) is 0 Å². The molecule has 0 saturated carbocycles. The van der Waals surface area contributed by atoms with Crippen molar-refractivity contribution in [2.45, 2.75) is 45.2 Å². The fourth-order valence-electron chi connectivity index (χ4n) is 2.13. The van der Waals surface area contributed by atoms with E-state index >= 15 is 0 Å². The Morgan fingerprint density at radius 3 is 2.53 bits per heavy atom. The van der Waals surface area contributed by atoms with Crippen molar-refractivity contribution in [3.05, 3.63) is 33.8 Å². The molecule has 1 aromatic rings. The van der Waals surface area contributed by atoms with Gasteiger partial charge in [-0.2, -0.15) is 0 Å². The Balaban J connectivity index is 2.32. The largest absolute Gasteiger partial charge is 0.344 e. The summed E-state index contributed by atoms with van der Waals surface area (Å²) in [7, 11) is 0. The molecule has 2 nitrogen and oxygen atoms in total. The van der Waals surface area contributed by atoms with Gasteiger partial charge in [0.05, 0.1) is 6.10 Å². The number of benzene rings is 1. The van der Waals surface area contributed by atoms with Crippen LogP contribution in [0.2, 0.25) is 10.0 Å². The van der Waals surface area contributed by atoms with E-state index in [4.69, 9.17) is 32.7 Å². The second-order valence-electron chi connectivity index (χ2n) is 4.67. The molecule has 4 heteroatoms. The van der Waals surface area contributed by atoms with E-state index in [-0.39, 0.29) is 12.2 Å². The Bertz CT molecular complexity index is 418. The summed E-state index contributed by atoms with van der Waals surface area (Å²) in [6, 6.07) is 5.47. The molecule has 0 bridgehead atoms. The van der Waals surface area contributed by atoms with Gasteiger partial charge < -0.3 is 9.47 Å². The Labute approximate surface area is 112 Å². The first-order valence-electron chi connectivity index (χ1n) is 5.73. The lowest BCUT2D eigenvalue weighted by molar-refractivity contribution is -0.147. The molecule has 94 valence electrons. The molecule has 2 atom stereocenters. The summed E-state index contributed by atoms with van der Waals surface area (Å²) < 4.78 is 11.7. The summed E-state index contributed by atoms with van der Waals surface area (Å²) in [5.41, 5.74) is 0.938. The molecule has 1 saturated heterocycles. The summed E-state index contributed by atoms with van der Waals surface area (Å²) in [5, 5.41) is 1.26. The first-order chi connectivity index (χ1) is 7.93. The van der Waals surface area contributed by atoms with Crippen LogP contribution in [0.1, 0.15) is 38.9 Å². The summed E-state index contributed by atoms with van der Waals surface area (Å²) in [5.74, 6) is -0.561. The molecule has 17 heavy (non-hydrogen) atoms. The molecule has 0 N–H and O–H groups in total. The maximum absolute atomic E-state index is 6.20. The van der Waals surface area contributed by atoms with Crippen LogP contribution < -0.4 is 0 Å². The summed E-state index contributed by atoms with van der Waals surface area (Å²) in [6.45, 7) is 5.91. The van der Waals surface area contributed by atoms with E-state index in [1.165, 1.54) is 0 Å². The van der Waals surface area contributed by atoms with Gasteiger partial charge in [0.25, 0.3) is 0 Å². The summed E-state index contributed by atoms with van der Waals surface area (Å²) in [6.07, 6.45) is 0.788.